The monoisotopic (exact) mass is 286 g/mol. The zero-order valence-corrected chi connectivity index (χ0v) is 11.7. The average molecular weight is 286 g/mol. The van der Waals surface area contributed by atoms with E-state index >= 15 is 0 Å². The molecule has 0 aromatic rings. The number of carbonyl (C=O) groups excluding carboxylic acids is 1. The third-order valence-corrected chi connectivity index (χ3v) is 3.57. The maximum absolute atomic E-state index is 11.9. The van der Waals surface area contributed by atoms with Crippen molar-refractivity contribution in [2.75, 3.05) is 13.1 Å². The highest BCUT2D eigenvalue weighted by atomic mass is 16.4. The van der Waals surface area contributed by atoms with Gasteiger partial charge in [0.1, 0.15) is 6.04 Å². The molecular weight excluding hydrogens is 264 g/mol. The molecule has 3 N–H and O–H groups in total. The average Bonchev–Trinajstić information content (AvgIpc) is 2.38. The molecule has 1 unspecified atom stereocenters. The topological polar surface area (TPSA) is 107 Å². The van der Waals surface area contributed by atoms with Gasteiger partial charge in [0, 0.05) is 13.1 Å². The van der Waals surface area contributed by atoms with E-state index in [0.717, 1.165) is 25.7 Å². The van der Waals surface area contributed by atoms with Crippen LogP contribution < -0.4 is 5.32 Å². The van der Waals surface area contributed by atoms with E-state index in [1.54, 1.807) is 4.90 Å². The number of hydrogen-bond acceptors (Lipinski definition) is 3. The smallest absolute Gasteiger partial charge is 0.326 e. The molecule has 0 spiro atoms. The molecule has 0 saturated carbocycles. The van der Waals surface area contributed by atoms with Gasteiger partial charge in [0.15, 0.2) is 0 Å². The zero-order chi connectivity index (χ0) is 15.1. The summed E-state index contributed by atoms with van der Waals surface area (Å²) in [5, 5.41) is 19.8. The summed E-state index contributed by atoms with van der Waals surface area (Å²) in [6.45, 7) is 3.31. The van der Waals surface area contributed by atoms with Crippen molar-refractivity contribution in [3.05, 3.63) is 0 Å². The molecule has 1 aliphatic rings. The predicted octanol–water partition coefficient (Wildman–Crippen LogP) is 1.14. The second-order valence-corrected chi connectivity index (χ2v) is 5.16. The van der Waals surface area contributed by atoms with Gasteiger partial charge in [-0.25, -0.2) is 9.59 Å². The number of aliphatic carboxylic acids is 2. The Bertz CT molecular complexity index is 364. The van der Waals surface area contributed by atoms with Crippen LogP contribution in [-0.2, 0) is 9.59 Å². The highest BCUT2D eigenvalue weighted by molar-refractivity contribution is 5.86. The predicted molar refractivity (Wildman–Crippen MR) is 71.4 cm³/mol. The molecule has 0 aromatic heterocycles. The van der Waals surface area contributed by atoms with Gasteiger partial charge in [-0.05, 0) is 18.8 Å². The number of urea groups is 1. The molecule has 1 atom stereocenters. The van der Waals surface area contributed by atoms with Crippen LogP contribution in [0.15, 0.2) is 0 Å². The van der Waals surface area contributed by atoms with E-state index in [1.807, 2.05) is 0 Å². The molecule has 0 aromatic carbocycles. The second kappa shape index (κ2) is 7.72. The zero-order valence-electron chi connectivity index (χ0n) is 11.7. The third-order valence-electron chi connectivity index (χ3n) is 3.57. The van der Waals surface area contributed by atoms with Crippen LogP contribution in [0.1, 0.15) is 39.0 Å². The van der Waals surface area contributed by atoms with Crippen LogP contribution in [0.25, 0.3) is 0 Å². The second-order valence-electron chi connectivity index (χ2n) is 5.16. The van der Waals surface area contributed by atoms with Crippen molar-refractivity contribution >= 4 is 18.0 Å². The van der Waals surface area contributed by atoms with E-state index in [9.17, 15) is 14.4 Å². The van der Waals surface area contributed by atoms with Gasteiger partial charge in [0.05, 0.1) is 6.42 Å². The third kappa shape index (κ3) is 5.07. The number of rotatable bonds is 6. The van der Waals surface area contributed by atoms with Crippen LogP contribution >= 0.6 is 0 Å². The van der Waals surface area contributed by atoms with Crippen molar-refractivity contribution in [2.24, 2.45) is 5.92 Å². The highest BCUT2D eigenvalue weighted by Gasteiger charge is 2.27. The van der Waals surface area contributed by atoms with Crippen LogP contribution in [0.3, 0.4) is 0 Å². The number of carboxylic acids is 2. The van der Waals surface area contributed by atoms with Crippen molar-refractivity contribution in [2.45, 2.75) is 45.1 Å². The van der Waals surface area contributed by atoms with Gasteiger partial charge >= 0.3 is 18.0 Å². The lowest BCUT2D eigenvalue weighted by atomic mass is 9.93. The Morgan fingerprint density at radius 1 is 1.25 bits per heavy atom. The van der Waals surface area contributed by atoms with Crippen molar-refractivity contribution in [1.82, 2.24) is 10.2 Å². The largest absolute Gasteiger partial charge is 0.481 e. The summed E-state index contributed by atoms with van der Waals surface area (Å²) in [6, 6.07) is -1.87. The number of piperidine rings is 1. The van der Waals surface area contributed by atoms with Gasteiger partial charge < -0.3 is 20.4 Å². The Labute approximate surface area is 117 Å². The maximum atomic E-state index is 11.9. The number of nitrogens with zero attached hydrogens (tertiary/aromatic N) is 1. The summed E-state index contributed by atoms with van der Waals surface area (Å²) >= 11 is 0. The molecule has 7 heteroatoms. The molecule has 1 aliphatic heterocycles. The summed E-state index contributed by atoms with van der Waals surface area (Å²) < 4.78 is 0. The number of nitrogens with one attached hydrogen (secondary N) is 1. The number of likely N-dealkylation sites (tertiary alicyclic amines) is 1. The Morgan fingerprint density at radius 2 is 1.85 bits per heavy atom. The lowest BCUT2D eigenvalue weighted by Crippen LogP contribution is -2.50. The van der Waals surface area contributed by atoms with E-state index < -0.39 is 30.4 Å². The summed E-state index contributed by atoms with van der Waals surface area (Å²) in [7, 11) is 0. The van der Waals surface area contributed by atoms with E-state index in [0.29, 0.717) is 19.0 Å². The molecule has 114 valence electrons. The van der Waals surface area contributed by atoms with Gasteiger partial charge in [-0.15, -0.1) is 0 Å². The Kier molecular flexibility index (Phi) is 6.27. The van der Waals surface area contributed by atoms with Crippen LogP contribution in [0.2, 0.25) is 0 Å². The van der Waals surface area contributed by atoms with Crippen molar-refractivity contribution in [1.29, 1.82) is 0 Å². The van der Waals surface area contributed by atoms with Crippen molar-refractivity contribution < 1.29 is 24.6 Å². The molecule has 0 radical (unpaired) electrons. The Hall–Kier alpha value is -1.79. The molecule has 1 rings (SSSR count). The minimum atomic E-state index is -1.38. The van der Waals surface area contributed by atoms with Crippen LogP contribution in [-0.4, -0.2) is 52.2 Å². The summed E-state index contributed by atoms with van der Waals surface area (Å²) in [6.07, 6.45) is 3.48. The number of amides is 2. The van der Waals surface area contributed by atoms with Gasteiger partial charge in [0.2, 0.25) is 0 Å². The van der Waals surface area contributed by atoms with Crippen LogP contribution in [0.4, 0.5) is 4.79 Å². The fraction of sp³-hybridized carbons (Fsp3) is 0.769. The van der Waals surface area contributed by atoms with Gasteiger partial charge in [-0.1, -0.05) is 19.8 Å². The van der Waals surface area contributed by atoms with Crippen LogP contribution in [0, 0.1) is 5.92 Å². The first-order valence-corrected chi connectivity index (χ1v) is 6.94. The Balaban J connectivity index is 2.45. The fourth-order valence-electron chi connectivity index (χ4n) is 2.45. The molecule has 1 heterocycles. The van der Waals surface area contributed by atoms with E-state index in [-0.39, 0.29) is 0 Å². The number of carbonyl (C=O) groups is 3. The summed E-state index contributed by atoms with van der Waals surface area (Å²) in [5.74, 6) is -1.96. The lowest BCUT2D eigenvalue weighted by Gasteiger charge is -2.32. The van der Waals surface area contributed by atoms with Crippen molar-refractivity contribution in [3.63, 3.8) is 0 Å². The minimum absolute atomic E-state index is 0.492. The van der Waals surface area contributed by atoms with Crippen LogP contribution in [0.5, 0.6) is 0 Å². The first-order chi connectivity index (χ1) is 9.43. The number of hydrogen-bond donors (Lipinski definition) is 3. The van der Waals surface area contributed by atoms with Gasteiger partial charge in [-0.2, -0.15) is 0 Å². The maximum Gasteiger partial charge on any atom is 0.326 e. The lowest BCUT2D eigenvalue weighted by molar-refractivity contribution is -0.145. The molecule has 2 amide bonds. The van der Waals surface area contributed by atoms with Gasteiger partial charge in [-0.3, -0.25) is 4.79 Å². The van der Waals surface area contributed by atoms with Crippen molar-refractivity contribution in [3.8, 4) is 0 Å². The SMILES string of the molecule is CCCC1CCN(C(=O)NC(CC(=O)O)C(=O)O)CC1. The normalized spacial score (nSPS) is 17.6. The molecular formula is C13H22N2O5. The quantitative estimate of drug-likeness (QED) is 0.678. The van der Waals surface area contributed by atoms with Gasteiger partial charge in [0.25, 0.3) is 0 Å². The Morgan fingerprint density at radius 3 is 2.30 bits per heavy atom. The standard InChI is InChI=1S/C13H22N2O5/c1-2-3-9-4-6-15(7-5-9)13(20)14-10(12(18)19)8-11(16)17/h9-10H,2-8H2,1H3,(H,14,20)(H,16,17)(H,18,19). The number of carboxylic acid groups (broad SMARTS) is 2. The van der Waals surface area contributed by atoms with E-state index in [2.05, 4.69) is 12.2 Å². The molecule has 20 heavy (non-hydrogen) atoms. The minimum Gasteiger partial charge on any atom is -0.481 e. The molecule has 1 saturated heterocycles. The van der Waals surface area contributed by atoms with E-state index in [1.165, 1.54) is 0 Å². The van der Waals surface area contributed by atoms with E-state index in [4.69, 9.17) is 10.2 Å². The first kappa shape index (κ1) is 16.3. The molecule has 1 fully saturated rings. The highest BCUT2D eigenvalue weighted by Crippen LogP contribution is 2.21. The molecule has 0 aliphatic carbocycles. The fourth-order valence-corrected chi connectivity index (χ4v) is 2.45. The molecule has 0 bridgehead atoms. The molecule has 7 nitrogen and oxygen atoms in total. The first-order valence-electron chi connectivity index (χ1n) is 6.94. The summed E-state index contributed by atoms with van der Waals surface area (Å²) in [5.41, 5.74) is 0. The summed E-state index contributed by atoms with van der Waals surface area (Å²) in [4.78, 5) is 34.9.